The Morgan fingerprint density at radius 1 is 0.868 bits per heavy atom. The van der Waals surface area contributed by atoms with Crippen molar-refractivity contribution in [3.05, 3.63) is 116 Å². The Morgan fingerprint density at radius 2 is 1.45 bits per heavy atom. The zero-order valence-electron chi connectivity index (χ0n) is 20.6. The van der Waals surface area contributed by atoms with Crippen LogP contribution in [0.1, 0.15) is 13.2 Å². The highest BCUT2D eigenvalue weighted by Crippen LogP contribution is 2.49. The fourth-order valence-electron chi connectivity index (χ4n) is 4.67. The van der Waals surface area contributed by atoms with E-state index >= 15 is 0 Å². The van der Waals surface area contributed by atoms with Crippen LogP contribution in [0.4, 0.5) is 10.2 Å². The number of hydrogen-bond acceptors (Lipinski definition) is 6. The first kappa shape index (κ1) is 24.4. The van der Waals surface area contributed by atoms with Crippen molar-refractivity contribution >= 4 is 39.9 Å². The van der Waals surface area contributed by atoms with Gasteiger partial charge in [-0.3, -0.25) is 4.57 Å². The number of aromatic nitrogens is 4. The lowest BCUT2D eigenvalue weighted by Gasteiger charge is -2.26. The van der Waals surface area contributed by atoms with Crippen molar-refractivity contribution in [1.82, 2.24) is 19.5 Å². The zero-order valence-corrected chi connectivity index (χ0v) is 21.5. The lowest BCUT2D eigenvalue weighted by Crippen LogP contribution is -2.25. The maximum absolute atomic E-state index is 14.8. The van der Waals surface area contributed by atoms with Gasteiger partial charge in [-0.1, -0.05) is 91.0 Å². The second kappa shape index (κ2) is 10.4. The summed E-state index contributed by atoms with van der Waals surface area (Å²) >= 11 is 0. The number of fused-ring (bicyclic) bond motifs is 1. The van der Waals surface area contributed by atoms with Crippen LogP contribution in [0, 0.1) is 0 Å². The summed E-state index contributed by atoms with van der Waals surface area (Å²) in [5, 5.41) is 3.24. The average Bonchev–Trinajstić information content (AvgIpc) is 3.56. The van der Waals surface area contributed by atoms with Gasteiger partial charge in [0.25, 0.3) is 0 Å². The molecule has 1 aliphatic rings. The molecule has 0 radical (unpaired) electrons. The van der Waals surface area contributed by atoms with Crippen LogP contribution >= 0.6 is 7.05 Å². The van der Waals surface area contributed by atoms with E-state index < -0.39 is 25.4 Å². The van der Waals surface area contributed by atoms with Crippen molar-refractivity contribution in [3.8, 4) is 0 Å². The molecule has 38 heavy (non-hydrogen) atoms. The predicted molar refractivity (Wildman–Crippen MR) is 147 cm³/mol. The van der Waals surface area contributed by atoms with Crippen LogP contribution in [0.5, 0.6) is 0 Å². The monoisotopic (exact) mass is 525 g/mol. The number of hydrogen-bond donors (Lipinski definition) is 0. The van der Waals surface area contributed by atoms with Gasteiger partial charge >= 0.3 is 0 Å². The van der Waals surface area contributed by atoms with Crippen molar-refractivity contribution in [3.63, 3.8) is 0 Å². The van der Waals surface area contributed by atoms with Crippen molar-refractivity contribution < 1.29 is 13.9 Å². The van der Waals surface area contributed by atoms with Gasteiger partial charge in [0, 0.05) is 28.6 Å². The minimum absolute atomic E-state index is 0.404. The van der Waals surface area contributed by atoms with E-state index in [0.29, 0.717) is 23.6 Å². The third kappa shape index (κ3) is 4.27. The van der Waals surface area contributed by atoms with Gasteiger partial charge in [0.15, 0.2) is 35.3 Å². The van der Waals surface area contributed by atoms with Crippen molar-refractivity contribution in [2.24, 2.45) is 4.74 Å². The van der Waals surface area contributed by atoms with E-state index in [4.69, 9.17) is 14.2 Å². The lowest BCUT2D eigenvalue weighted by atomic mass is 10.4. The lowest BCUT2D eigenvalue weighted by molar-refractivity contribution is -0.135. The third-order valence-corrected chi connectivity index (χ3v) is 9.98. The van der Waals surface area contributed by atoms with Crippen LogP contribution in [0.25, 0.3) is 11.2 Å². The molecule has 0 N–H and O–H groups in total. The molecular formula is C29H25FN5O2P. The summed E-state index contributed by atoms with van der Waals surface area (Å²) in [5.74, 6) is -0.0260. The van der Waals surface area contributed by atoms with Crippen molar-refractivity contribution in [2.45, 2.75) is 19.4 Å². The number of rotatable bonds is 7. The molecule has 190 valence electrons. The fraction of sp³-hybridized carbons (Fsp3) is 0.138. The normalized spacial score (nSPS) is 17.5. The molecular weight excluding hydrogens is 500 g/mol. The summed E-state index contributed by atoms with van der Waals surface area (Å²) in [5.41, 5.74) is 0.896. The first-order chi connectivity index (χ1) is 18.7. The Kier molecular flexibility index (Phi) is 6.68. The van der Waals surface area contributed by atoms with Crippen LogP contribution in [0.2, 0.25) is 0 Å². The highest BCUT2D eigenvalue weighted by molar-refractivity contribution is 7.87. The SMILES string of the molecule is CCO[C@@H]1C=C(F)[C@H](n2cnc3c(N=P(c4ccccc4)(c4ccccc4)c4ccccc4)ncnc32)O1. The topological polar surface area (TPSA) is 74.4 Å². The molecule has 0 spiro atoms. The van der Waals surface area contributed by atoms with Gasteiger partial charge in [-0.05, 0) is 6.92 Å². The second-order valence-corrected chi connectivity index (χ2v) is 11.6. The first-order valence-corrected chi connectivity index (χ1v) is 14.1. The van der Waals surface area contributed by atoms with Gasteiger partial charge in [0.1, 0.15) is 6.33 Å². The summed E-state index contributed by atoms with van der Waals surface area (Å²) in [6.07, 6.45) is 2.49. The molecule has 3 aromatic carbocycles. The Labute approximate surface area is 219 Å². The summed E-state index contributed by atoms with van der Waals surface area (Å²) in [6.45, 7) is 2.24. The van der Waals surface area contributed by atoms with Crippen LogP contribution in [0.15, 0.2) is 120 Å². The molecule has 0 fully saturated rings. The van der Waals surface area contributed by atoms with Crippen LogP contribution < -0.4 is 15.9 Å². The summed E-state index contributed by atoms with van der Waals surface area (Å²) in [7, 11) is -2.58. The Hall–Kier alpha value is -3.97. The van der Waals surface area contributed by atoms with Crippen LogP contribution in [-0.2, 0) is 9.47 Å². The molecule has 1 aliphatic heterocycles. The summed E-state index contributed by atoms with van der Waals surface area (Å²) in [4.78, 5) is 13.6. The largest absolute Gasteiger partial charge is 0.349 e. The van der Waals surface area contributed by atoms with E-state index in [0.717, 1.165) is 15.9 Å². The molecule has 0 aliphatic carbocycles. The molecule has 6 rings (SSSR count). The van der Waals surface area contributed by atoms with Crippen LogP contribution in [-0.4, -0.2) is 32.4 Å². The first-order valence-electron chi connectivity index (χ1n) is 12.3. The molecule has 0 saturated heterocycles. The highest BCUT2D eigenvalue weighted by Gasteiger charge is 2.32. The van der Waals surface area contributed by atoms with E-state index in [-0.39, 0.29) is 0 Å². The van der Waals surface area contributed by atoms with Gasteiger partial charge in [-0.25, -0.2) is 24.1 Å². The Morgan fingerprint density at radius 3 is 2.00 bits per heavy atom. The number of nitrogens with zero attached hydrogens (tertiary/aromatic N) is 5. The molecule has 0 bridgehead atoms. The third-order valence-electron chi connectivity index (χ3n) is 6.35. The van der Waals surface area contributed by atoms with Gasteiger partial charge in [0.05, 0.1) is 13.4 Å². The Bertz CT molecular complexity index is 1540. The van der Waals surface area contributed by atoms with Gasteiger partial charge < -0.3 is 9.47 Å². The molecule has 7 nitrogen and oxygen atoms in total. The van der Waals surface area contributed by atoms with E-state index in [1.807, 2.05) is 61.5 Å². The smallest absolute Gasteiger partial charge is 0.192 e. The molecule has 0 amide bonds. The second-order valence-electron chi connectivity index (χ2n) is 8.63. The van der Waals surface area contributed by atoms with Crippen LogP contribution in [0.3, 0.4) is 0 Å². The quantitative estimate of drug-likeness (QED) is 0.267. The van der Waals surface area contributed by atoms with Gasteiger partial charge in [-0.15, -0.1) is 0 Å². The van der Waals surface area contributed by atoms with Crippen molar-refractivity contribution in [1.29, 1.82) is 0 Å². The van der Waals surface area contributed by atoms with Gasteiger partial charge in [-0.2, -0.15) is 0 Å². The highest BCUT2D eigenvalue weighted by atomic mass is 31.2. The molecule has 0 saturated carbocycles. The molecule has 2 aromatic heterocycles. The maximum atomic E-state index is 14.8. The van der Waals surface area contributed by atoms with E-state index in [9.17, 15) is 4.39 Å². The predicted octanol–water partition coefficient (Wildman–Crippen LogP) is 5.38. The minimum Gasteiger partial charge on any atom is -0.349 e. The molecule has 9 heteroatoms. The Balaban J connectivity index is 1.59. The number of halogens is 1. The molecule has 0 unspecified atom stereocenters. The maximum Gasteiger partial charge on any atom is 0.192 e. The van der Waals surface area contributed by atoms with Gasteiger partial charge in [0.2, 0.25) is 0 Å². The number of imidazole rings is 1. The average molecular weight is 526 g/mol. The van der Waals surface area contributed by atoms with E-state index in [1.165, 1.54) is 18.7 Å². The zero-order chi connectivity index (χ0) is 26.0. The van der Waals surface area contributed by atoms with E-state index in [2.05, 4.69) is 51.4 Å². The fourth-order valence-corrected chi connectivity index (χ4v) is 8.15. The van der Waals surface area contributed by atoms with Crippen molar-refractivity contribution in [2.75, 3.05) is 6.61 Å². The summed E-state index contributed by atoms with van der Waals surface area (Å²) in [6, 6.07) is 30.8. The number of benzene rings is 3. The molecule has 5 aromatic rings. The molecule has 2 atom stereocenters. The minimum atomic E-state index is -2.58. The summed E-state index contributed by atoms with van der Waals surface area (Å²) < 4.78 is 33.0. The molecule has 3 heterocycles. The number of ether oxygens (including phenoxy) is 2. The van der Waals surface area contributed by atoms with E-state index in [1.54, 1.807) is 4.57 Å². The standard InChI is InChI=1S/C29H25FN5O2P/c1-2-36-25-18-24(30)29(37-25)35-20-33-26-27(31-19-32-28(26)35)34-38(21-12-6-3-7-13-21,22-14-8-4-9-15-22)23-16-10-5-11-17-23/h3-20,25,29H,2H2,1H3/t25-,29+/m0/s1.